The summed E-state index contributed by atoms with van der Waals surface area (Å²) in [6.07, 6.45) is 3.55. The van der Waals surface area contributed by atoms with Gasteiger partial charge in [0.05, 0.1) is 10.9 Å². The Morgan fingerprint density at radius 1 is 1.23 bits per heavy atom. The van der Waals surface area contributed by atoms with Crippen molar-refractivity contribution < 1.29 is 8.42 Å². The maximum atomic E-state index is 13.5. The molecule has 1 aliphatic heterocycles. The zero-order valence-electron chi connectivity index (χ0n) is 15.6. The van der Waals surface area contributed by atoms with Crippen molar-refractivity contribution in [2.75, 3.05) is 19.6 Å². The van der Waals surface area contributed by atoms with Crippen LogP contribution < -0.4 is 5.32 Å². The maximum Gasteiger partial charge on any atom is 0.244 e. The molecule has 26 heavy (non-hydrogen) atoms. The molecule has 1 saturated heterocycles. The van der Waals surface area contributed by atoms with Crippen molar-refractivity contribution >= 4 is 22.4 Å². The minimum atomic E-state index is -3.63. The SMILES string of the molecule is Cl.Cn1ccnc1C1CNCCN1S(=O)(=O)c1ccccc1C(C)(C)C. The van der Waals surface area contributed by atoms with Gasteiger partial charge < -0.3 is 9.88 Å². The predicted molar refractivity (Wildman–Crippen MR) is 105 cm³/mol. The highest BCUT2D eigenvalue weighted by atomic mass is 35.5. The molecule has 1 atom stereocenters. The Morgan fingerprint density at radius 2 is 1.92 bits per heavy atom. The van der Waals surface area contributed by atoms with E-state index in [1.54, 1.807) is 22.6 Å². The van der Waals surface area contributed by atoms with Crippen LogP contribution in [-0.2, 0) is 22.5 Å². The molecule has 0 spiro atoms. The van der Waals surface area contributed by atoms with Gasteiger partial charge in [-0.2, -0.15) is 4.31 Å². The summed E-state index contributed by atoms with van der Waals surface area (Å²) in [6.45, 7) is 7.73. The third-order valence-electron chi connectivity index (χ3n) is 4.63. The maximum absolute atomic E-state index is 13.5. The van der Waals surface area contributed by atoms with Crippen LogP contribution in [0.2, 0.25) is 0 Å². The largest absolute Gasteiger partial charge is 0.337 e. The molecule has 1 fully saturated rings. The first-order chi connectivity index (χ1) is 11.7. The summed E-state index contributed by atoms with van der Waals surface area (Å²) in [7, 11) is -1.73. The first-order valence-corrected chi connectivity index (χ1v) is 9.96. The zero-order chi connectivity index (χ0) is 18.2. The minimum absolute atomic E-state index is 0. The molecule has 1 N–H and O–H groups in total. The highest BCUT2D eigenvalue weighted by Gasteiger charge is 2.38. The highest BCUT2D eigenvalue weighted by molar-refractivity contribution is 7.89. The number of benzene rings is 1. The molecule has 0 aliphatic carbocycles. The molecule has 1 unspecified atom stereocenters. The quantitative estimate of drug-likeness (QED) is 0.862. The first-order valence-electron chi connectivity index (χ1n) is 8.52. The summed E-state index contributed by atoms with van der Waals surface area (Å²) in [5.41, 5.74) is 0.586. The molecule has 0 amide bonds. The van der Waals surface area contributed by atoms with E-state index < -0.39 is 10.0 Å². The van der Waals surface area contributed by atoms with Crippen molar-refractivity contribution in [3.8, 4) is 0 Å². The topological polar surface area (TPSA) is 67.2 Å². The van der Waals surface area contributed by atoms with E-state index in [1.807, 2.05) is 50.7 Å². The summed E-state index contributed by atoms with van der Waals surface area (Å²) >= 11 is 0. The van der Waals surface area contributed by atoms with E-state index in [9.17, 15) is 8.42 Å². The fourth-order valence-corrected chi connectivity index (χ4v) is 5.32. The van der Waals surface area contributed by atoms with Crippen molar-refractivity contribution in [3.05, 3.63) is 48.0 Å². The number of hydrogen-bond acceptors (Lipinski definition) is 4. The van der Waals surface area contributed by atoms with Crippen LogP contribution in [0.3, 0.4) is 0 Å². The monoisotopic (exact) mass is 398 g/mol. The second-order valence-electron chi connectivity index (χ2n) is 7.48. The van der Waals surface area contributed by atoms with E-state index in [2.05, 4.69) is 10.3 Å². The summed E-state index contributed by atoms with van der Waals surface area (Å²) in [5.74, 6) is 0.754. The Labute approximate surface area is 162 Å². The molecule has 8 heteroatoms. The molecule has 1 aromatic carbocycles. The Morgan fingerprint density at radius 3 is 2.54 bits per heavy atom. The number of imidazole rings is 1. The number of sulfonamides is 1. The number of rotatable bonds is 3. The van der Waals surface area contributed by atoms with E-state index >= 15 is 0 Å². The van der Waals surface area contributed by atoms with Gasteiger partial charge in [0.15, 0.2) is 0 Å². The lowest BCUT2D eigenvalue weighted by molar-refractivity contribution is 0.258. The van der Waals surface area contributed by atoms with Crippen LogP contribution in [0.1, 0.15) is 38.2 Å². The third kappa shape index (κ3) is 3.81. The van der Waals surface area contributed by atoms with Gasteiger partial charge in [0.25, 0.3) is 0 Å². The average molecular weight is 399 g/mol. The van der Waals surface area contributed by atoms with Gasteiger partial charge in [0.1, 0.15) is 5.82 Å². The molecule has 0 saturated carbocycles. The van der Waals surface area contributed by atoms with Crippen LogP contribution in [0.4, 0.5) is 0 Å². The van der Waals surface area contributed by atoms with Crippen molar-refractivity contribution in [1.29, 1.82) is 0 Å². The Kier molecular flexibility index (Phi) is 6.17. The van der Waals surface area contributed by atoms with Crippen molar-refractivity contribution in [2.45, 2.75) is 37.1 Å². The molecule has 6 nitrogen and oxygen atoms in total. The van der Waals surface area contributed by atoms with E-state index in [0.29, 0.717) is 24.5 Å². The van der Waals surface area contributed by atoms with Gasteiger partial charge in [-0.1, -0.05) is 39.0 Å². The van der Waals surface area contributed by atoms with E-state index in [0.717, 1.165) is 11.4 Å². The van der Waals surface area contributed by atoms with Gasteiger partial charge >= 0.3 is 0 Å². The van der Waals surface area contributed by atoms with Gasteiger partial charge in [-0.25, -0.2) is 13.4 Å². The van der Waals surface area contributed by atoms with Crippen LogP contribution in [0.25, 0.3) is 0 Å². The molecule has 0 radical (unpaired) electrons. The summed E-state index contributed by atoms with van der Waals surface area (Å²) in [6, 6.07) is 7.00. The minimum Gasteiger partial charge on any atom is -0.337 e. The second kappa shape index (κ2) is 7.68. The summed E-state index contributed by atoms with van der Waals surface area (Å²) in [4.78, 5) is 4.78. The molecular weight excluding hydrogens is 372 g/mol. The molecule has 1 aromatic heterocycles. The van der Waals surface area contributed by atoms with Gasteiger partial charge in [-0.3, -0.25) is 0 Å². The van der Waals surface area contributed by atoms with Crippen LogP contribution in [0, 0.1) is 0 Å². The number of aryl methyl sites for hydroxylation is 1. The van der Waals surface area contributed by atoms with Crippen LogP contribution >= 0.6 is 12.4 Å². The Balaban J connectivity index is 0.00000243. The summed E-state index contributed by atoms with van der Waals surface area (Å²) in [5, 5.41) is 3.29. The normalized spacial score (nSPS) is 19.2. The smallest absolute Gasteiger partial charge is 0.244 e. The van der Waals surface area contributed by atoms with Gasteiger partial charge in [0.2, 0.25) is 10.0 Å². The third-order valence-corrected chi connectivity index (χ3v) is 6.60. The number of piperazine rings is 1. The molecular formula is C18H27ClN4O2S. The number of nitrogens with zero attached hydrogens (tertiary/aromatic N) is 3. The number of hydrogen-bond donors (Lipinski definition) is 1. The Hall–Kier alpha value is -1.41. The predicted octanol–water partition coefficient (Wildman–Crippen LogP) is 2.47. The van der Waals surface area contributed by atoms with Gasteiger partial charge in [-0.05, 0) is 17.0 Å². The second-order valence-corrected chi connectivity index (χ2v) is 9.34. The fraction of sp³-hybridized carbons (Fsp3) is 0.500. The molecule has 0 bridgehead atoms. The molecule has 1 aliphatic rings. The lowest BCUT2D eigenvalue weighted by Crippen LogP contribution is -2.49. The molecule has 144 valence electrons. The first kappa shape index (κ1) is 20.9. The van der Waals surface area contributed by atoms with Gasteiger partial charge in [0, 0.05) is 39.1 Å². The summed E-state index contributed by atoms with van der Waals surface area (Å²) < 4.78 is 30.5. The van der Waals surface area contributed by atoms with Crippen LogP contribution in [-0.4, -0.2) is 41.9 Å². The molecule has 2 aromatic rings. The van der Waals surface area contributed by atoms with Crippen LogP contribution in [0.15, 0.2) is 41.6 Å². The number of nitrogens with one attached hydrogen (secondary N) is 1. The lowest BCUT2D eigenvalue weighted by atomic mass is 9.87. The lowest BCUT2D eigenvalue weighted by Gasteiger charge is -2.36. The average Bonchev–Trinajstić information content (AvgIpc) is 3.00. The molecule has 2 heterocycles. The van der Waals surface area contributed by atoms with Crippen molar-refractivity contribution in [1.82, 2.24) is 19.2 Å². The van der Waals surface area contributed by atoms with E-state index in [-0.39, 0.29) is 23.9 Å². The zero-order valence-corrected chi connectivity index (χ0v) is 17.3. The van der Waals surface area contributed by atoms with Crippen LogP contribution in [0.5, 0.6) is 0 Å². The highest BCUT2D eigenvalue weighted by Crippen LogP contribution is 2.34. The van der Waals surface area contributed by atoms with E-state index in [4.69, 9.17) is 0 Å². The van der Waals surface area contributed by atoms with E-state index in [1.165, 1.54) is 0 Å². The van der Waals surface area contributed by atoms with Crippen molar-refractivity contribution in [2.24, 2.45) is 7.05 Å². The standard InChI is InChI=1S/C18H26N4O2S.ClH/c1-18(2,3)14-7-5-6-8-16(14)25(23,24)22-12-9-19-13-15(22)17-20-10-11-21(17)4;/h5-8,10-11,15,19H,9,12-13H2,1-4H3;1H. The number of aromatic nitrogens is 2. The number of halogens is 1. The van der Waals surface area contributed by atoms with Gasteiger partial charge in [-0.15, -0.1) is 12.4 Å². The fourth-order valence-electron chi connectivity index (χ4n) is 3.33. The van der Waals surface area contributed by atoms with Crippen molar-refractivity contribution in [3.63, 3.8) is 0 Å². The Bertz CT molecular complexity index is 858. The molecule has 3 rings (SSSR count).